The monoisotopic (exact) mass is 391 g/mol. The molecule has 0 aliphatic rings. The van der Waals surface area contributed by atoms with Gasteiger partial charge >= 0.3 is 0 Å². The van der Waals surface area contributed by atoms with Gasteiger partial charge in [0, 0.05) is 25.5 Å². The maximum atomic E-state index is 12.4. The van der Waals surface area contributed by atoms with E-state index in [0.29, 0.717) is 17.1 Å². The number of likely N-dealkylation sites (N-methyl/N-ethyl adjacent to an activating group) is 1. The van der Waals surface area contributed by atoms with E-state index in [1.807, 2.05) is 30.3 Å². The second-order valence-electron chi connectivity index (χ2n) is 6.54. The SMILES string of the molecule is CN(C)C(=O)COc1ccc(NC(=O)c2ccc(-c3ccccc3)[nH]c2=O)cc1. The van der Waals surface area contributed by atoms with Crippen molar-refractivity contribution >= 4 is 17.5 Å². The predicted molar refractivity (Wildman–Crippen MR) is 111 cm³/mol. The summed E-state index contributed by atoms with van der Waals surface area (Å²) in [4.78, 5) is 40.5. The summed E-state index contributed by atoms with van der Waals surface area (Å²) in [5, 5.41) is 2.68. The van der Waals surface area contributed by atoms with Crippen LogP contribution in [0.4, 0.5) is 5.69 Å². The molecule has 0 spiro atoms. The number of H-pyrrole nitrogens is 1. The molecule has 0 saturated heterocycles. The van der Waals surface area contributed by atoms with Crippen LogP contribution in [0.5, 0.6) is 5.75 Å². The lowest BCUT2D eigenvalue weighted by Crippen LogP contribution is -2.27. The number of nitrogens with one attached hydrogen (secondary N) is 2. The number of amides is 2. The number of rotatable bonds is 6. The molecule has 0 saturated carbocycles. The molecule has 2 N–H and O–H groups in total. The molecule has 7 nitrogen and oxygen atoms in total. The molecule has 3 aromatic rings. The number of carbonyl (C=O) groups excluding carboxylic acids is 2. The van der Waals surface area contributed by atoms with E-state index >= 15 is 0 Å². The number of ether oxygens (including phenoxy) is 1. The van der Waals surface area contributed by atoms with Crippen molar-refractivity contribution in [3.05, 3.63) is 82.6 Å². The highest BCUT2D eigenvalue weighted by Gasteiger charge is 2.12. The van der Waals surface area contributed by atoms with Crippen LogP contribution >= 0.6 is 0 Å². The average molecular weight is 391 g/mol. The molecule has 0 radical (unpaired) electrons. The fourth-order valence-electron chi connectivity index (χ4n) is 2.55. The first-order valence-electron chi connectivity index (χ1n) is 8.97. The summed E-state index contributed by atoms with van der Waals surface area (Å²) in [6, 6.07) is 19.1. The van der Waals surface area contributed by atoms with Crippen molar-refractivity contribution in [2.24, 2.45) is 0 Å². The Bertz CT molecular complexity index is 1060. The number of carbonyl (C=O) groups is 2. The van der Waals surface area contributed by atoms with Crippen molar-refractivity contribution in [2.45, 2.75) is 0 Å². The van der Waals surface area contributed by atoms with Crippen LogP contribution in [0, 0.1) is 0 Å². The zero-order valence-electron chi connectivity index (χ0n) is 16.1. The molecule has 0 bridgehead atoms. The molecule has 0 unspecified atom stereocenters. The highest BCUT2D eigenvalue weighted by atomic mass is 16.5. The Morgan fingerprint density at radius 3 is 2.28 bits per heavy atom. The van der Waals surface area contributed by atoms with Crippen LogP contribution in [0.2, 0.25) is 0 Å². The maximum Gasteiger partial charge on any atom is 0.261 e. The highest BCUT2D eigenvalue weighted by molar-refractivity contribution is 6.04. The van der Waals surface area contributed by atoms with Crippen LogP contribution in [-0.4, -0.2) is 42.4 Å². The summed E-state index contributed by atoms with van der Waals surface area (Å²) in [5.74, 6) is -0.161. The quantitative estimate of drug-likeness (QED) is 0.676. The molecule has 148 valence electrons. The van der Waals surface area contributed by atoms with Gasteiger partial charge in [-0.05, 0) is 42.0 Å². The van der Waals surface area contributed by atoms with Crippen LogP contribution in [0.25, 0.3) is 11.3 Å². The third-order valence-electron chi connectivity index (χ3n) is 4.21. The highest BCUT2D eigenvalue weighted by Crippen LogP contribution is 2.17. The molecule has 29 heavy (non-hydrogen) atoms. The van der Waals surface area contributed by atoms with Gasteiger partial charge in [-0.3, -0.25) is 14.4 Å². The van der Waals surface area contributed by atoms with Gasteiger partial charge in [0.25, 0.3) is 17.4 Å². The van der Waals surface area contributed by atoms with Gasteiger partial charge in [0.15, 0.2) is 6.61 Å². The zero-order chi connectivity index (χ0) is 20.8. The Morgan fingerprint density at radius 1 is 0.966 bits per heavy atom. The normalized spacial score (nSPS) is 10.3. The third kappa shape index (κ3) is 5.10. The summed E-state index contributed by atoms with van der Waals surface area (Å²) < 4.78 is 5.39. The van der Waals surface area contributed by atoms with E-state index in [1.165, 1.54) is 11.0 Å². The number of aromatic nitrogens is 1. The predicted octanol–water partition coefficient (Wildman–Crippen LogP) is 2.76. The standard InChI is InChI=1S/C22H21N3O4/c1-25(2)20(26)14-29-17-10-8-16(9-11-17)23-21(27)18-12-13-19(24-22(18)28)15-6-4-3-5-7-15/h3-13H,14H2,1-2H3,(H,23,27)(H,24,28). The van der Waals surface area contributed by atoms with Crippen LogP contribution in [-0.2, 0) is 4.79 Å². The van der Waals surface area contributed by atoms with E-state index < -0.39 is 11.5 Å². The van der Waals surface area contributed by atoms with E-state index in [0.717, 1.165) is 5.56 Å². The average Bonchev–Trinajstić information content (AvgIpc) is 2.73. The van der Waals surface area contributed by atoms with Crippen molar-refractivity contribution in [3.8, 4) is 17.0 Å². The fourth-order valence-corrected chi connectivity index (χ4v) is 2.55. The molecule has 1 aromatic heterocycles. The van der Waals surface area contributed by atoms with Crippen molar-refractivity contribution < 1.29 is 14.3 Å². The summed E-state index contributed by atoms with van der Waals surface area (Å²) in [5.41, 5.74) is 1.56. The molecule has 0 atom stereocenters. The first-order valence-corrected chi connectivity index (χ1v) is 8.97. The largest absolute Gasteiger partial charge is 0.484 e. The zero-order valence-corrected chi connectivity index (χ0v) is 16.1. The lowest BCUT2D eigenvalue weighted by atomic mass is 10.1. The van der Waals surface area contributed by atoms with E-state index in [9.17, 15) is 14.4 Å². The first-order chi connectivity index (χ1) is 13.9. The van der Waals surface area contributed by atoms with Gasteiger partial charge in [0.2, 0.25) is 0 Å². The molecular formula is C22H21N3O4. The van der Waals surface area contributed by atoms with Crippen LogP contribution in [0.15, 0.2) is 71.5 Å². The van der Waals surface area contributed by atoms with Crippen LogP contribution in [0.1, 0.15) is 10.4 Å². The lowest BCUT2D eigenvalue weighted by molar-refractivity contribution is -0.130. The minimum atomic E-state index is -0.512. The summed E-state index contributed by atoms with van der Waals surface area (Å²) in [7, 11) is 3.30. The van der Waals surface area contributed by atoms with E-state index in [4.69, 9.17) is 4.74 Å². The van der Waals surface area contributed by atoms with Gasteiger partial charge in [-0.15, -0.1) is 0 Å². The number of pyridine rings is 1. The molecule has 2 amide bonds. The Kier molecular flexibility index (Phi) is 6.09. The minimum absolute atomic E-state index is 0.0154. The number of nitrogens with zero attached hydrogens (tertiary/aromatic N) is 1. The van der Waals surface area contributed by atoms with Crippen molar-refractivity contribution in [3.63, 3.8) is 0 Å². The number of benzene rings is 2. The number of hydrogen-bond acceptors (Lipinski definition) is 4. The van der Waals surface area contributed by atoms with E-state index in [1.54, 1.807) is 44.4 Å². The second-order valence-corrected chi connectivity index (χ2v) is 6.54. The third-order valence-corrected chi connectivity index (χ3v) is 4.21. The van der Waals surface area contributed by atoms with Gasteiger partial charge in [-0.1, -0.05) is 30.3 Å². The number of anilines is 1. The van der Waals surface area contributed by atoms with Gasteiger partial charge in [0.05, 0.1) is 0 Å². The molecule has 0 aliphatic heterocycles. The Morgan fingerprint density at radius 2 is 1.66 bits per heavy atom. The van der Waals surface area contributed by atoms with E-state index in [-0.39, 0.29) is 18.1 Å². The van der Waals surface area contributed by atoms with Crippen molar-refractivity contribution in [2.75, 3.05) is 26.0 Å². The topological polar surface area (TPSA) is 91.5 Å². The Hall–Kier alpha value is -3.87. The number of aromatic amines is 1. The van der Waals surface area contributed by atoms with Gasteiger partial charge < -0.3 is 19.9 Å². The molecular weight excluding hydrogens is 370 g/mol. The van der Waals surface area contributed by atoms with Gasteiger partial charge in [-0.2, -0.15) is 0 Å². The van der Waals surface area contributed by atoms with Crippen molar-refractivity contribution in [1.82, 2.24) is 9.88 Å². The minimum Gasteiger partial charge on any atom is -0.484 e. The first kappa shape index (κ1) is 19.9. The molecule has 0 fully saturated rings. The van der Waals surface area contributed by atoms with Crippen LogP contribution in [0.3, 0.4) is 0 Å². The van der Waals surface area contributed by atoms with Crippen molar-refractivity contribution in [1.29, 1.82) is 0 Å². The van der Waals surface area contributed by atoms with Gasteiger partial charge in [-0.25, -0.2) is 0 Å². The van der Waals surface area contributed by atoms with E-state index in [2.05, 4.69) is 10.3 Å². The molecule has 3 rings (SSSR count). The fraction of sp³-hybridized carbons (Fsp3) is 0.136. The molecule has 2 aromatic carbocycles. The Labute approximate surface area is 167 Å². The Balaban J connectivity index is 1.66. The molecule has 7 heteroatoms. The van der Waals surface area contributed by atoms with Crippen LogP contribution < -0.4 is 15.6 Å². The number of hydrogen-bond donors (Lipinski definition) is 2. The smallest absolute Gasteiger partial charge is 0.261 e. The summed E-state index contributed by atoms with van der Waals surface area (Å²) in [6.45, 7) is -0.0676. The maximum absolute atomic E-state index is 12.4. The lowest BCUT2D eigenvalue weighted by Gasteiger charge is -2.11. The molecule has 1 heterocycles. The second kappa shape index (κ2) is 8.88. The molecule has 0 aliphatic carbocycles. The van der Waals surface area contributed by atoms with Gasteiger partial charge in [0.1, 0.15) is 11.3 Å². The summed E-state index contributed by atoms with van der Waals surface area (Å²) in [6.07, 6.45) is 0. The summed E-state index contributed by atoms with van der Waals surface area (Å²) >= 11 is 0.